The molecule has 174 valence electrons. The lowest BCUT2D eigenvalue weighted by Gasteiger charge is -2.27. The average molecular weight is 484 g/mol. The molecule has 0 spiro atoms. The molecule has 0 fully saturated rings. The summed E-state index contributed by atoms with van der Waals surface area (Å²) in [4.78, 5) is 32.4. The van der Waals surface area contributed by atoms with Crippen molar-refractivity contribution < 1.29 is 13.6 Å². The molecule has 0 saturated carbocycles. The first-order valence-electron chi connectivity index (χ1n) is 10.7. The number of pyridine rings is 1. The van der Waals surface area contributed by atoms with Gasteiger partial charge < -0.3 is 10.3 Å². The molecule has 0 aliphatic carbocycles. The second-order valence-corrected chi connectivity index (χ2v) is 8.48. The number of aromatic amines is 1. The number of nitrogens with zero attached hydrogens (tertiary/aromatic N) is 3. The topological polar surface area (TPSA) is 82.5 Å². The summed E-state index contributed by atoms with van der Waals surface area (Å²) in [7, 11) is 1.46. The second-order valence-electron chi connectivity index (χ2n) is 8.09. The first kappa shape index (κ1) is 22.2. The molecule has 1 aliphatic rings. The van der Waals surface area contributed by atoms with Crippen LogP contribution in [0.5, 0.6) is 0 Å². The smallest absolute Gasteiger partial charge is 0.272 e. The van der Waals surface area contributed by atoms with E-state index >= 15 is 4.39 Å². The fraction of sp³-hybridized carbons (Fsp3) is 0.208. The summed E-state index contributed by atoms with van der Waals surface area (Å²) < 4.78 is 31.4. The largest absolute Gasteiger partial charge is 0.354 e. The summed E-state index contributed by atoms with van der Waals surface area (Å²) in [5, 5.41) is 2.75. The number of carbonyl (C=O) groups is 1. The number of hydrogen-bond acceptors (Lipinski definition) is 4. The highest BCUT2D eigenvalue weighted by Gasteiger charge is 2.20. The number of carbonyl (C=O) groups excluding carboxylic acids is 1. The monoisotopic (exact) mass is 483 g/mol. The summed E-state index contributed by atoms with van der Waals surface area (Å²) in [6.07, 6.45) is 2.43. The van der Waals surface area contributed by atoms with Crippen molar-refractivity contribution in [2.45, 2.75) is 13.0 Å². The van der Waals surface area contributed by atoms with E-state index in [0.717, 1.165) is 5.57 Å². The van der Waals surface area contributed by atoms with Crippen LogP contribution in [0.3, 0.4) is 0 Å². The van der Waals surface area contributed by atoms with Gasteiger partial charge >= 0.3 is 0 Å². The quantitative estimate of drug-likeness (QED) is 0.433. The molecular formula is C24H20ClF2N5O2. The fourth-order valence-electron chi connectivity index (χ4n) is 4.32. The third-order valence-corrected chi connectivity index (χ3v) is 6.38. The number of hydrogen-bond donors (Lipinski definition) is 2. The molecule has 1 aromatic carbocycles. The molecule has 5 rings (SSSR count). The first-order valence-corrected chi connectivity index (χ1v) is 11.1. The second kappa shape index (κ2) is 8.66. The molecule has 7 nitrogen and oxygen atoms in total. The summed E-state index contributed by atoms with van der Waals surface area (Å²) in [5.74, 6) is -1.65. The van der Waals surface area contributed by atoms with Crippen LogP contribution in [0.4, 0.5) is 8.78 Å². The van der Waals surface area contributed by atoms with E-state index in [4.69, 9.17) is 11.6 Å². The standard InChI is InChI=1S/C24H20ClF2N5O2/c1-28-23(33)16-4-3-15(22(27)29-16)13-8-10-31(11-9-13)12-14-2-5-17-21(20(14)26)30-24(34)18-6-7-19(25)32(17)18/h2-8H,9-12H2,1H3,(H,28,33)(H,30,34). The van der Waals surface area contributed by atoms with E-state index in [2.05, 4.69) is 15.3 Å². The highest BCUT2D eigenvalue weighted by molar-refractivity contribution is 6.30. The lowest BCUT2D eigenvalue weighted by Crippen LogP contribution is -2.28. The van der Waals surface area contributed by atoms with Crippen LogP contribution in [0.2, 0.25) is 5.15 Å². The van der Waals surface area contributed by atoms with E-state index in [0.29, 0.717) is 53.4 Å². The van der Waals surface area contributed by atoms with Crippen LogP contribution in [0.15, 0.2) is 47.3 Å². The lowest BCUT2D eigenvalue weighted by atomic mass is 10.00. The molecule has 34 heavy (non-hydrogen) atoms. The van der Waals surface area contributed by atoms with E-state index in [-0.39, 0.29) is 11.2 Å². The van der Waals surface area contributed by atoms with E-state index in [1.54, 1.807) is 30.3 Å². The van der Waals surface area contributed by atoms with Crippen molar-refractivity contribution in [2.75, 3.05) is 20.1 Å². The molecular weight excluding hydrogens is 464 g/mol. The van der Waals surface area contributed by atoms with E-state index < -0.39 is 23.2 Å². The Labute approximate surface area is 197 Å². The predicted molar refractivity (Wildman–Crippen MR) is 126 cm³/mol. The maximum atomic E-state index is 15.3. The molecule has 10 heteroatoms. The third-order valence-electron chi connectivity index (χ3n) is 6.09. The lowest BCUT2D eigenvalue weighted by molar-refractivity contribution is 0.0957. The summed E-state index contributed by atoms with van der Waals surface area (Å²) in [6, 6.07) is 9.66. The van der Waals surface area contributed by atoms with Gasteiger partial charge in [0.15, 0.2) is 5.82 Å². The van der Waals surface area contributed by atoms with Gasteiger partial charge in [0.1, 0.15) is 21.9 Å². The Morgan fingerprint density at radius 2 is 1.97 bits per heavy atom. The zero-order valence-corrected chi connectivity index (χ0v) is 18.9. The number of H-pyrrole nitrogens is 1. The summed E-state index contributed by atoms with van der Waals surface area (Å²) in [6.45, 7) is 1.39. The minimum atomic E-state index is -0.694. The maximum Gasteiger partial charge on any atom is 0.272 e. The molecule has 4 aromatic rings. The van der Waals surface area contributed by atoms with Crippen molar-refractivity contribution in [1.82, 2.24) is 24.6 Å². The summed E-state index contributed by atoms with van der Waals surface area (Å²) >= 11 is 6.20. The Hall–Kier alpha value is -3.56. The normalized spacial score (nSPS) is 14.5. The van der Waals surface area contributed by atoms with Crippen molar-refractivity contribution in [2.24, 2.45) is 0 Å². The molecule has 0 atom stereocenters. The number of benzene rings is 1. The number of nitrogens with one attached hydrogen (secondary N) is 2. The Bertz CT molecular complexity index is 1540. The average Bonchev–Trinajstić information content (AvgIpc) is 3.24. The van der Waals surface area contributed by atoms with Gasteiger partial charge in [-0.25, -0.2) is 9.37 Å². The van der Waals surface area contributed by atoms with Crippen LogP contribution < -0.4 is 10.9 Å². The first-order chi connectivity index (χ1) is 16.4. The van der Waals surface area contributed by atoms with Gasteiger partial charge in [-0.3, -0.25) is 18.9 Å². The minimum absolute atomic E-state index is 0.0186. The molecule has 2 N–H and O–H groups in total. The van der Waals surface area contributed by atoms with Crippen molar-refractivity contribution in [3.05, 3.63) is 86.6 Å². The maximum absolute atomic E-state index is 15.3. The van der Waals surface area contributed by atoms with Gasteiger partial charge in [0.05, 0.1) is 5.52 Å². The highest BCUT2D eigenvalue weighted by Crippen LogP contribution is 2.27. The molecule has 1 amide bonds. The zero-order chi connectivity index (χ0) is 24.0. The van der Waals surface area contributed by atoms with Gasteiger partial charge in [-0.05, 0) is 42.3 Å². The molecule has 0 unspecified atom stereocenters. The Balaban J connectivity index is 1.38. The van der Waals surface area contributed by atoms with Crippen LogP contribution in [0.25, 0.3) is 22.1 Å². The Morgan fingerprint density at radius 3 is 2.68 bits per heavy atom. The van der Waals surface area contributed by atoms with Crippen LogP contribution in [0, 0.1) is 11.8 Å². The van der Waals surface area contributed by atoms with Gasteiger partial charge in [-0.15, -0.1) is 0 Å². The number of rotatable bonds is 4. The Kier molecular flexibility index (Phi) is 5.66. The van der Waals surface area contributed by atoms with Crippen molar-refractivity contribution in [1.29, 1.82) is 0 Å². The van der Waals surface area contributed by atoms with Gasteiger partial charge in [-0.1, -0.05) is 23.7 Å². The molecule has 0 saturated heterocycles. The SMILES string of the molecule is CNC(=O)c1ccc(C2=CCN(Cc3ccc4c([nH]c(=O)c5ccc(Cl)n54)c3F)CC2)c(F)n1. The summed E-state index contributed by atoms with van der Waals surface area (Å²) in [5.41, 5.74) is 2.12. The van der Waals surface area contributed by atoms with E-state index in [1.165, 1.54) is 17.5 Å². The molecule has 1 aliphatic heterocycles. The number of aromatic nitrogens is 3. The van der Waals surface area contributed by atoms with Crippen molar-refractivity contribution >= 4 is 39.6 Å². The molecule has 0 bridgehead atoms. The molecule has 3 aromatic heterocycles. The van der Waals surface area contributed by atoms with Gasteiger partial charge in [0.25, 0.3) is 11.5 Å². The van der Waals surface area contributed by atoms with Crippen LogP contribution in [0.1, 0.15) is 28.0 Å². The molecule has 0 radical (unpaired) electrons. The number of halogens is 3. The van der Waals surface area contributed by atoms with Gasteiger partial charge in [0.2, 0.25) is 5.95 Å². The van der Waals surface area contributed by atoms with Crippen molar-refractivity contribution in [3.8, 4) is 0 Å². The third kappa shape index (κ3) is 3.76. The van der Waals surface area contributed by atoms with Gasteiger partial charge in [-0.2, -0.15) is 4.39 Å². The molecule has 4 heterocycles. The van der Waals surface area contributed by atoms with Crippen LogP contribution in [-0.2, 0) is 6.54 Å². The Morgan fingerprint density at radius 1 is 1.18 bits per heavy atom. The highest BCUT2D eigenvalue weighted by atomic mass is 35.5. The van der Waals surface area contributed by atoms with Crippen LogP contribution >= 0.6 is 11.6 Å². The zero-order valence-electron chi connectivity index (χ0n) is 18.2. The van der Waals surface area contributed by atoms with E-state index in [9.17, 15) is 14.0 Å². The van der Waals surface area contributed by atoms with Gasteiger partial charge in [0, 0.05) is 37.8 Å². The number of fused-ring (bicyclic) bond motifs is 3. The fourth-order valence-corrected chi connectivity index (χ4v) is 4.56. The minimum Gasteiger partial charge on any atom is -0.354 e. The van der Waals surface area contributed by atoms with Crippen molar-refractivity contribution in [3.63, 3.8) is 0 Å². The number of amides is 1. The van der Waals surface area contributed by atoms with Crippen LogP contribution in [-0.4, -0.2) is 45.3 Å². The predicted octanol–water partition coefficient (Wildman–Crippen LogP) is 3.76. The van der Waals surface area contributed by atoms with E-state index in [1.807, 2.05) is 11.0 Å².